The van der Waals surface area contributed by atoms with Crippen LogP contribution in [0.3, 0.4) is 0 Å². The van der Waals surface area contributed by atoms with E-state index >= 15 is 0 Å². The first-order chi connectivity index (χ1) is 10.6. The molecule has 0 aliphatic carbocycles. The quantitative estimate of drug-likeness (QED) is 0.573. The molecule has 1 heterocycles. The monoisotopic (exact) mass is 297 g/mol. The molecule has 0 spiro atoms. The molecule has 1 aromatic carbocycles. The van der Waals surface area contributed by atoms with Gasteiger partial charge in [0.2, 0.25) is 0 Å². The molecule has 0 unspecified atom stereocenters. The van der Waals surface area contributed by atoms with E-state index in [1.165, 1.54) is 6.07 Å². The highest BCUT2D eigenvalue weighted by Crippen LogP contribution is 2.29. The van der Waals surface area contributed by atoms with Crippen LogP contribution in [0.1, 0.15) is 19.4 Å². The van der Waals surface area contributed by atoms with Gasteiger partial charge in [-0.05, 0) is 44.5 Å². The van der Waals surface area contributed by atoms with Crippen LogP contribution in [0.4, 0.5) is 10.1 Å². The van der Waals surface area contributed by atoms with E-state index < -0.39 is 0 Å². The van der Waals surface area contributed by atoms with Gasteiger partial charge >= 0.3 is 0 Å². The number of hydrogen-bond acceptors (Lipinski definition) is 2. The minimum atomic E-state index is -0.320. The lowest BCUT2D eigenvalue weighted by molar-refractivity contribution is 0.628. The maximum Gasteiger partial charge on any atom is 0.149 e. The standard InChI is InChI=1S/C18H20FN3/c1-5-7-13(3)12-22-17(8-9-21-22)15-10-14(4)18(20-6-2)16(19)11-15/h5-11H,1,12H2,2-4H3/b13-7+,20-6?. The fraction of sp³-hybridized carbons (Fsp3) is 0.222. The van der Waals surface area contributed by atoms with Crippen LogP contribution in [0.15, 0.2) is 53.7 Å². The number of benzene rings is 1. The molecule has 0 bridgehead atoms. The SMILES string of the molecule is C=C/C=C(\C)Cn1nccc1-c1cc(C)c(N=CC)c(F)c1. The van der Waals surface area contributed by atoms with Crippen LogP contribution in [0, 0.1) is 12.7 Å². The Labute approximate surface area is 130 Å². The van der Waals surface area contributed by atoms with Crippen molar-refractivity contribution in [3.8, 4) is 11.3 Å². The highest BCUT2D eigenvalue weighted by molar-refractivity contribution is 5.68. The van der Waals surface area contributed by atoms with Crippen molar-refractivity contribution in [1.29, 1.82) is 0 Å². The Hall–Kier alpha value is -2.49. The summed E-state index contributed by atoms with van der Waals surface area (Å²) < 4.78 is 16.1. The van der Waals surface area contributed by atoms with Gasteiger partial charge in [0.1, 0.15) is 11.5 Å². The molecule has 0 N–H and O–H groups in total. The Balaban J connectivity index is 2.44. The third kappa shape index (κ3) is 3.39. The van der Waals surface area contributed by atoms with Crippen molar-refractivity contribution < 1.29 is 4.39 Å². The Kier molecular flexibility index (Phi) is 5.04. The van der Waals surface area contributed by atoms with Gasteiger partial charge in [0.05, 0.1) is 12.2 Å². The summed E-state index contributed by atoms with van der Waals surface area (Å²) in [5, 5.41) is 4.32. The molecule has 1 aromatic heterocycles. The summed E-state index contributed by atoms with van der Waals surface area (Å²) in [6, 6.07) is 5.33. The van der Waals surface area contributed by atoms with Crippen LogP contribution < -0.4 is 0 Å². The zero-order valence-electron chi connectivity index (χ0n) is 13.2. The molecule has 0 aliphatic rings. The van der Waals surface area contributed by atoms with Crippen molar-refractivity contribution in [2.75, 3.05) is 0 Å². The maximum atomic E-state index is 14.2. The van der Waals surface area contributed by atoms with Gasteiger partial charge < -0.3 is 0 Å². The average Bonchev–Trinajstić information content (AvgIpc) is 2.91. The minimum absolute atomic E-state index is 0.320. The van der Waals surface area contributed by atoms with E-state index in [1.807, 2.05) is 36.7 Å². The Bertz CT molecular complexity index is 716. The predicted molar refractivity (Wildman–Crippen MR) is 90.1 cm³/mol. The normalized spacial score (nSPS) is 12.1. The molecule has 3 nitrogen and oxygen atoms in total. The minimum Gasteiger partial charge on any atom is -0.261 e. The van der Waals surface area contributed by atoms with Gasteiger partial charge in [0, 0.05) is 18.0 Å². The first-order valence-corrected chi connectivity index (χ1v) is 7.16. The van der Waals surface area contributed by atoms with Crippen LogP contribution in [0.5, 0.6) is 0 Å². The summed E-state index contributed by atoms with van der Waals surface area (Å²) in [5.41, 5.74) is 4.00. The van der Waals surface area contributed by atoms with Crippen molar-refractivity contribution in [2.24, 2.45) is 4.99 Å². The summed E-state index contributed by atoms with van der Waals surface area (Å²) >= 11 is 0. The molecule has 22 heavy (non-hydrogen) atoms. The van der Waals surface area contributed by atoms with Crippen molar-refractivity contribution in [3.63, 3.8) is 0 Å². The molecule has 2 aromatic rings. The van der Waals surface area contributed by atoms with Gasteiger partial charge in [-0.2, -0.15) is 5.10 Å². The van der Waals surface area contributed by atoms with E-state index in [0.29, 0.717) is 12.2 Å². The van der Waals surface area contributed by atoms with Crippen molar-refractivity contribution in [2.45, 2.75) is 27.3 Å². The van der Waals surface area contributed by atoms with Crippen molar-refractivity contribution in [3.05, 3.63) is 60.1 Å². The molecule has 0 aliphatic heterocycles. The van der Waals surface area contributed by atoms with E-state index in [4.69, 9.17) is 0 Å². The van der Waals surface area contributed by atoms with Gasteiger partial charge in [-0.15, -0.1) is 0 Å². The lowest BCUT2D eigenvalue weighted by Crippen LogP contribution is -2.03. The number of aromatic nitrogens is 2. The topological polar surface area (TPSA) is 30.2 Å². The van der Waals surface area contributed by atoms with E-state index in [-0.39, 0.29) is 5.82 Å². The highest BCUT2D eigenvalue weighted by Gasteiger charge is 2.11. The maximum absolute atomic E-state index is 14.2. The number of aryl methyl sites for hydroxylation is 1. The largest absolute Gasteiger partial charge is 0.261 e. The van der Waals surface area contributed by atoms with Crippen LogP contribution in [-0.2, 0) is 6.54 Å². The van der Waals surface area contributed by atoms with Gasteiger partial charge in [-0.3, -0.25) is 9.67 Å². The second kappa shape index (κ2) is 6.98. The Morgan fingerprint density at radius 3 is 2.86 bits per heavy atom. The fourth-order valence-corrected chi connectivity index (χ4v) is 2.37. The fourth-order valence-electron chi connectivity index (χ4n) is 2.37. The average molecular weight is 297 g/mol. The Morgan fingerprint density at radius 2 is 2.23 bits per heavy atom. The first-order valence-electron chi connectivity index (χ1n) is 7.16. The van der Waals surface area contributed by atoms with Crippen molar-refractivity contribution in [1.82, 2.24) is 9.78 Å². The van der Waals surface area contributed by atoms with Crippen LogP contribution in [0.2, 0.25) is 0 Å². The predicted octanol–water partition coefficient (Wildman–Crippen LogP) is 4.85. The summed E-state index contributed by atoms with van der Waals surface area (Å²) in [6.07, 6.45) is 7.01. The number of rotatable bonds is 5. The third-order valence-corrected chi connectivity index (χ3v) is 3.33. The number of hydrogen-bond donors (Lipinski definition) is 0. The van der Waals surface area contributed by atoms with E-state index in [1.54, 1.807) is 25.4 Å². The molecule has 114 valence electrons. The van der Waals surface area contributed by atoms with E-state index in [2.05, 4.69) is 16.7 Å². The zero-order valence-corrected chi connectivity index (χ0v) is 13.2. The second-order valence-electron chi connectivity index (χ2n) is 5.13. The second-order valence-corrected chi connectivity index (χ2v) is 5.13. The number of nitrogens with zero attached hydrogens (tertiary/aromatic N) is 3. The number of allylic oxidation sites excluding steroid dienone is 3. The molecule has 2 rings (SSSR count). The molecule has 0 atom stereocenters. The molecule has 4 heteroatoms. The van der Waals surface area contributed by atoms with E-state index in [0.717, 1.165) is 22.4 Å². The van der Waals surface area contributed by atoms with Crippen LogP contribution >= 0.6 is 0 Å². The van der Waals surface area contributed by atoms with E-state index in [9.17, 15) is 4.39 Å². The van der Waals surface area contributed by atoms with Gasteiger partial charge in [-0.1, -0.05) is 24.3 Å². The first kappa shape index (κ1) is 15.9. The van der Waals surface area contributed by atoms with Crippen LogP contribution in [-0.4, -0.2) is 16.0 Å². The molecular formula is C18H20FN3. The molecular weight excluding hydrogens is 277 g/mol. The molecule has 0 radical (unpaired) electrons. The highest BCUT2D eigenvalue weighted by atomic mass is 19.1. The van der Waals surface area contributed by atoms with Gasteiger partial charge in [0.25, 0.3) is 0 Å². The summed E-state index contributed by atoms with van der Waals surface area (Å²) in [5.74, 6) is -0.320. The smallest absolute Gasteiger partial charge is 0.149 e. The molecule has 0 amide bonds. The Morgan fingerprint density at radius 1 is 1.45 bits per heavy atom. The molecule has 0 saturated carbocycles. The van der Waals surface area contributed by atoms with Crippen molar-refractivity contribution >= 4 is 11.9 Å². The third-order valence-electron chi connectivity index (χ3n) is 3.33. The lowest BCUT2D eigenvalue weighted by atomic mass is 10.1. The van der Waals surface area contributed by atoms with Gasteiger partial charge in [0.15, 0.2) is 0 Å². The number of halogens is 1. The summed E-state index contributed by atoms with van der Waals surface area (Å²) in [6.45, 7) is 9.98. The lowest BCUT2D eigenvalue weighted by Gasteiger charge is -2.10. The van der Waals surface area contributed by atoms with Gasteiger partial charge in [-0.25, -0.2) is 4.39 Å². The summed E-state index contributed by atoms with van der Waals surface area (Å²) in [7, 11) is 0. The molecule has 0 fully saturated rings. The molecule has 0 saturated heterocycles. The summed E-state index contributed by atoms with van der Waals surface area (Å²) in [4.78, 5) is 4.08. The zero-order chi connectivity index (χ0) is 16.1. The number of aliphatic imine (C=N–C) groups is 1. The van der Waals surface area contributed by atoms with Crippen LogP contribution in [0.25, 0.3) is 11.3 Å².